The van der Waals surface area contributed by atoms with E-state index in [9.17, 15) is 27.9 Å². The highest BCUT2D eigenvalue weighted by Crippen LogP contribution is 2.44. The van der Waals surface area contributed by atoms with E-state index in [1.165, 1.54) is 23.5 Å². The number of nitrogens with zero attached hydrogens (tertiary/aromatic N) is 2. The number of rotatable bonds is 7. The number of carbonyl (C=O) groups is 2. The fraction of sp³-hybridized carbons (Fsp3) is 0.542. The van der Waals surface area contributed by atoms with Gasteiger partial charge in [0.25, 0.3) is 5.91 Å². The summed E-state index contributed by atoms with van der Waals surface area (Å²) in [4.78, 5) is 31.0. The smallest absolute Gasteiger partial charge is 0.421 e. The maximum Gasteiger partial charge on any atom is 0.421 e. The molecule has 0 bridgehead atoms. The second kappa shape index (κ2) is 9.42. The van der Waals surface area contributed by atoms with Gasteiger partial charge in [0.1, 0.15) is 6.61 Å². The van der Waals surface area contributed by atoms with Crippen LogP contribution < -0.4 is 5.73 Å². The lowest BCUT2D eigenvalue weighted by Gasteiger charge is -2.42. The lowest BCUT2D eigenvalue weighted by atomic mass is 9.70. The van der Waals surface area contributed by atoms with Gasteiger partial charge in [-0.2, -0.15) is 13.2 Å². The lowest BCUT2D eigenvalue weighted by molar-refractivity contribution is -0.258. The second-order valence-corrected chi connectivity index (χ2v) is 10.3. The highest BCUT2D eigenvalue weighted by atomic mass is 32.1. The van der Waals surface area contributed by atoms with Gasteiger partial charge in [-0.1, -0.05) is 12.1 Å². The number of carbonyl (C=O) groups excluding carboxylic acids is 2. The van der Waals surface area contributed by atoms with E-state index in [4.69, 9.17) is 10.5 Å². The second-order valence-electron chi connectivity index (χ2n) is 9.58. The summed E-state index contributed by atoms with van der Waals surface area (Å²) in [6.07, 6.45) is -1.27. The van der Waals surface area contributed by atoms with Gasteiger partial charge < -0.3 is 20.5 Å². The number of aromatic nitrogens is 1. The SMILES string of the molecule is C[C@@](O)(c1ccc(C(=O)N(C2CC2)C2CCC(COC(N)=O)(c3cscn3)CC2)cc1)C(F)(F)F. The van der Waals surface area contributed by atoms with Crippen molar-refractivity contribution in [2.75, 3.05) is 6.61 Å². The Morgan fingerprint density at radius 1 is 1.17 bits per heavy atom. The monoisotopic (exact) mass is 511 g/mol. The largest absolute Gasteiger partial charge is 0.449 e. The summed E-state index contributed by atoms with van der Waals surface area (Å²) in [7, 11) is 0. The third kappa shape index (κ3) is 5.16. The Balaban J connectivity index is 1.50. The van der Waals surface area contributed by atoms with E-state index in [1.807, 2.05) is 10.3 Å². The van der Waals surface area contributed by atoms with E-state index in [0.29, 0.717) is 32.6 Å². The Labute approximate surface area is 205 Å². The van der Waals surface area contributed by atoms with E-state index >= 15 is 0 Å². The highest BCUT2D eigenvalue weighted by molar-refractivity contribution is 7.07. The van der Waals surface area contributed by atoms with Crippen LogP contribution in [0.15, 0.2) is 35.2 Å². The van der Waals surface area contributed by atoms with Crippen molar-refractivity contribution in [3.63, 3.8) is 0 Å². The van der Waals surface area contributed by atoms with Crippen molar-refractivity contribution in [3.8, 4) is 0 Å². The number of thiazole rings is 1. The standard InChI is InChI=1S/C24H28F3N3O4S/c1-22(33,24(25,26)27)16-4-2-15(3-5-16)20(31)30(17-6-7-17)18-8-10-23(11-9-18,13-34-21(28)32)19-12-35-14-29-19/h2-5,12,14,17-18,33H,6-11,13H2,1H3,(H2,28,32)/t18?,22-,23?/m1/s1. The molecule has 0 radical (unpaired) electrons. The molecule has 2 aliphatic rings. The molecule has 0 spiro atoms. The number of ether oxygens (including phenoxy) is 1. The van der Waals surface area contributed by atoms with Crippen LogP contribution in [0.5, 0.6) is 0 Å². The molecule has 2 fully saturated rings. The molecule has 0 saturated heterocycles. The molecule has 1 heterocycles. The first-order valence-electron chi connectivity index (χ1n) is 11.5. The van der Waals surface area contributed by atoms with Crippen LogP contribution in [0.25, 0.3) is 0 Å². The molecule has 2 aromatic rings. The predicted molar refractivity (Wildman–Crippen MR) is 123 cm³/mol. The average Bonchev–Trinajstić information content (AvgIpc) is 3.48. The Bertz CT molecular complexity index is 1040. The van der Waals surface area contributed by atoms with Crippen molar-refractivity contribution in [1.29, 1.82) is 0 Å². The van der Waals surface area contributed by atoms with Gasteiger partial charge in [0.2, 0.25) is 0 Å². The van der Waals surface area contributed by atoms with Crippen LogP contribution >= 0.6 is 11.3 Å². The third-order valence-electron chi connectivity index (χ3n) is 7.19. The zero-order chi connectivity index (χ0) is 25.4. The summed E-state index contributed by atoms with van der Waals surface area (Å²) in [5.41, 5.74) is 4.28. The van der Waals surface area contributed by atoms with E-state index in [0.717, 1.165) is 30.7 Å². The number of hydrogen-bond acceptors (Lipinski definition) is 6. The number of halogens is 3. The fourth-order valence-corrected chi connectivity index (χ4v) is 5.50. The van der Waals surface area contributed by atoms with Gasteiger partial charge in [-0.05, 0) is 63.1 Å². The van der Waals surface area contributed by atoms with Crippen LogP contribution in [0.1, 0.15) is 67.1 Å². The van der Waals surface area contributed by atoms with Crippen LogP contribution in [0.2, 0.25) is 0 Å². The number of amides is 2. The molecule has 11 heteroatoms. The van der Waals surface area contributed by atoms with Crippen molar-refractivity contribution < 1.29 is 32.6 Å². The Morgan fingerprint density at radius 2 is 1.77 bits per heavy atom. The Morgan fingerprint density at radius 3 is 2.26 bits per heavy atom. The minimum absolute atomic E-state index is 0.0479. The fourth-order valence-electron chi connectivity index (χ4n) is 4.82. The first kappa shape index (κ1) is 25.4. The van der Waals surface area contributed by atoms with Crippen LogP contribution in [0.4, 0.5) is 18.0 Å². The summed E-state index contributed by atoms with van der Waals surface area (Å²) in [5, 5.41) is 11.8. The van der Waals surface area contributed by atoms with Crippen molar-refractivity contribution >= 4 is 23.3 Å². The molecule has 35 heavy (non-hydrogen) atoms. The van der Waals surface area contributed by atoms with Crippen LogP contribution in [-0.4, -0.2) is 51.9 Å². The van der Waals surface area contributed by atoms with E-state index < -0.39 is 23.3 Å². The van der Waals surface area contributed by atoms with Gasteiger partial charge in [0.15, 0.2) is 5.60 Å². The van der Waals surface area contributed by atoms with Gasteiger partial charge in [0.05, 0.1) is 11.2 Å². The first-order chi connectivity index (χ1) is 16.4. The molecular weight excluding hydrogens is 483 g/mol. The maximum absolute atomic E-state index is 13.4. The van der Waals surface area contributed by atoms with Gasteiger partial charge in [-0.15, -0.1) is 11.3 Å². The zero-order valence-corrected chi connectivity index (χ0v) is 20.1. The van der Waals surface area contributed by atoms with Gasteiger partial charge >= 0.3 is 12.3 Å². The van der Waals surface area contributed by atoms with Crippen LogP contribution in [-0.2, 0) is 15.8 Å². The van der Waals surface area contributed by atoms with Crippen molar-refractivity contribution in [3.05, 3.63) is 52.0 Å². The van der Waals surface area contributed by atoms with Crippen molar-refractivity contribution in [1.82, 2.24) is 9.88 Å². The van der Waals surface area contributed by atoms with Crippen molar-refractivity contribution in [2.24, 2.45) is 5.73 Å². The number of nitrogens with two attached hydrogens (primary N) is 1. The molecule has 2 saturated carbocycles. The Kier molecular flexibility index (Phi) is 6.85. The zero-order valence-electron chi connectivity index (χ0n) is 19.3. The summed E-state index contributed by atoms with van der Waals surface area (Å²) in [6.45, 7) is 0.815. The topological polar surface area (TPSA) is 106 Å². The van der Waals surface area contributed by atoms with Crippen molar-refractivity contribution in [2.45, 2.75) is 74.7 Å². The highest BCUT2D eigenvalue weighted by Gasteiger charge is 2.51. The minimum atomic E-state index is -4.83. The molecule has 0 aliphatic heterocycles. The van der Waals surface area contributed by atoms with Crippen LogP contribution in [0, 0.1) is 0 Å². The molecule has 3 N–H and O–H groups in total. The van der Waals surface area contributed by atoms with E-state index in [-0.39, 0.29) is 35.7 Å². The molecule has 2 amide bonds. The average molecular weight is 512 g/mol. The van der Waals surface area contributed by atoms with Gasteiger partial charge in [-0.25, -0.2) is 9.78 Å². The quantitative estimate of drug-likeness (QED) is 0.570. The Hall–Kier alpha value is -2.66. The van der Waals surface area contributed by atoms with Gasteiger partial charge in [-0.3, -0.25) is 4.79 Å². The summed E-state index contributed by atoms with van der Waals surface area (Å²) >= 11 is 1.46. The number of primary amides is 1. The molecule has 1 aromatic heterocycles. The van der Waals surface area contributed by atoms with E-state index in [2.05, 4.69) is 4.98 Å². The minimum Gasteiger partial charge on any atom is -0.449 e. The normalized spacial score (nSPS) is 24.4. The molecule has 0 unspecified atom stereocenters. The molecular formula is C24H28F3N3O4S. The van der Waals surface area contributed by atoms with Crippen LogP contribution in [0.3, 0.4) is 0 Å². The summed E-state index contributed by atoms with van der Waals surface area (Å²) < 4.78 is 44.7. The van der Waals surface area contributed by atoms with E-state index in [1.54, 1.807) is 5.51 Å². The molecule has 190 valence electrons. The maximum atomic E-state index is 13.4. The summed E-state index contributed by atoms with van der Waals surface area (Å²) in [6, 6.07) is 5.04. The molecule has 1 aromatic carbocycles. The number of benzene rings is 1. The third-order valence-corrected chi connectivity index (χ3v) is 7.78. The lowest BCUT2D eigenvalue weighted by Crippen LogP contribution is -2.48. The summed E-state index contributed by atoms with van der Waals surface area (Å²) in [5.74, 6) is -0.231. The molecule has 1 atom stereocenters. The predicted octanol–water partition coefficient (Wildman–Crippen LogP) is 4.49. The molecule has 7 nitrogen and oxygen atoms in total. The first-order valence-corrected chi connectivity index (χ1v) is 12.4. The molecule has 2 aliphatic carbocycles. The number of hydrogen-bond donors (Lipinski definition) is 2. The molecule has 4 rings (SSSR count). The number of aliphatic hydroxyl groups is 1. The van der Waals surface area contributed by atoms with Gasteiger partial charge in [0, 0.05) is 28.4 Å². The number of alkyl halides is 3.